The topological polar surface area (TPSA) is 67.4 Å². The van der Waals surface area contributed by atoms with E-state index in [2.05, 4.69) is 20.2 Å². The van der Waals surface area contributed by atoms with Crippen molar-refractivity contribution in [2.45, 2.75) is 32.4 Å². The lowest BCUT2D eigenvalue weighted by atomic mass is 10.1. The SMILES string of the molecule is CC(=O)NC1CCN(c2cncc(OCc3ccccc3)n2)CC1. The van der Waals surface area contributed by atoms with Crippen LogP contribution in [-0.4, -0.2) is 35.0 Å². The number of nitrogens with one attached hydrogen (secondary N) is 1. The van der Waals surface area contributed by atoms with E-state index in [4.69, 9.17) is 4.74 Å². The van der Waals surface area contributed by atoms with E-state index in [1.54, 1.807) is 19.3 Å². The van der Waals surface area contributed by atoms with Gasteiger partial charge < -0.3 is 15.0 Å². The number of rotatable bonds is 5. The van der Waals surface area contributed by atoms with Crippen molar-refractivity contribution in [1.82, 2.24) is 15.3 Å². The van der Waals surface area contributed by atoms with Crippen LogP contribution in [0.25, 0.3) is 0 Å². The number of ether oxygens (including phenoxy) is 1. The number of piperidine rings is 1. The molecule has 0 spiro atoms. The van der Waals surface area contributed by atoms with Crippen molar-refractivity contribution in [2.75, 3.05) is 18.0 Å². The zero-order valence-electron chi connectivity index (χ0n) is 13.8. The fourth-order valence-electron chi connectivity index (χ4n) is 2.83. The number of hydrogen-bond acceptors (Lipinski definition) is 5. The minimum absolute atomic E-state index is 0.0320. The van der Waals surface area contributed by atoms with E-state index in [1.165, 1.54) is 0 Å². The number of hydrogen-bond donors (Lipinski definition) is 1. The average molecular weight is 326 g/mol. The van der Waals surface area contributed by atoms with Crippen LogP contribution in [0.5, 0.6) is 5.88 Å². The van der Waals surface area contributed by atoms with Gasteiger partial charge in [0.2, 0.25) is 11.8 Å². The van der Waals surface area contributed by atoms with Gasteiger partial charge in [-0.15, -0.1) is 0 Å². The quantitative estimate of drug-likeness (QED) is 0.912. The Morgan fingerprint density at radius 1 is 1.25 bits per heavy atom. The predicted molar refractivity (Wildman–Crippen MR) is 91.9 cm³/mol. The van der Waals surface area contributed by atoms with Gasteiger partial charge in [-0.2, -0.15) is 4.98 Å². The highest BCUT2D eigenvalue weighted by Crippen LogP contribution is 2.20. The number of anilines is 1. The molecule has 2 aromatic rings. The van der Waals surface area contributed by atoms with Gasteiger partial charge in [0.05, 0.1) is 12.4 Å². The normalized spacial score (nSPS) is 15.1. The third-order valence-corrected chi connectivity index (χ3v) is 4.06. The Morgan fingerprint density at radius 3 is 2.71 bits per heavy atom. The smallest absolute Gasteiger partial charge is 0.234 e. The van der Waals surface area contributed by atoms with Crippen molar-refractivity contribution < 1.29 is 9.53 Å². The fourth-order valence-corrected chi connectivity index (χ4v) is 2.83. The van der Waals surface area contributed by atoms with Crippen molar-refractivity contribution in [3.8, 4) is 5.88 Å². The lowest BCUT2D eigenvalue weighted by molar-refractivity contribution is -0.119. The molecule has 3 rings (SSSR count). The molecule has 0 atom stereocenters. The molecule has 1 saturated heterocycles. The van der Waals surface area contributed by atoms with Crippen LogP contribution in [0.3, 0.4) is 0 Å². The van der Waals surface area contributed by atoms with Crippen molar-refractivity contribution in [2.24, 2.45) is 0 Å². The summed E-state index contributed by atoms with van der Waals surface area (Å²) in [5, 5.41) is 2.98. The first-order valence-electron chi connectivity index (χ1n) is 8.21. The molecule has 0 aliphatic carbocycles. The summed E-state index contributed by atoms with van der Waals surface area (Å²) < 4.78 is 5.74. The summed E-state index contributed by atoms with van der Waals surface area (Å²) in [4.78, 5) is 22.1. The van der Waals surface area contributed by atoms with Crippen LogP contribution < -0.4 is 15.0 Å². The molecule has 0 unspecified atom stereocenters. The molecule has 2 heterocycles. The third kappa shape index (κ3) is 4.44. The first-order chi connectivity index (χ1) is 11.7. The second-order valence-electron chi connectivity index (χ2n) is 5.95. The van der Waals surface area contributed by atoms with E-state index >= 15 is 0 Å². The molecule has 1 fully saturated rings. The monoisotopic (exact) mass is 326 g/mol. The average Bonchev–Trinajstić information content (AvgIpc) is 2.61. The van der Waals surface area contributed by atoms with Gasteiger partial charge in [-0.3, -0.25) is 9.78 Å². The summed E-state index contributed by atoms with van der Waals surface area (Å²) >= 11 is 0. The minimum Gasteiger partial charge on any atom is -0.472 e. The maximum absolute atomic E-state index is 11.1. The highest BCUT2D eigenvalue weighted by Gasteiger charge is 2.21. The molecule has 24 heavy (non-hydrogen) atoms. The second-order valence-corrected chi connectivity index (χ2v) is 5.95. The third-order valence-electron chi connectivity index (χ3n) is 4.06. The van der Waals surface area contributed by atoms with Crippen LogP contribution in [0.2, 0.25) is 0 Å². The second kappa shape index (κ2) is 7.77. The lowest BCUT2D eigenvalue weighted by Crippen LogP contribution is -2.44. The Bertz CT molecular complexity index is 670. The Morgan fingerprint density at radius 2 is 2.00 bits per heavy atom. The van der Waals surface area contributed by atoms with Gasteiger partial charge in [-0.1, -0.05) is 30.3 Å². The summed E-state index contributed by atoms with van der Waals surface area (Å²) in [6.07, 6.45) is 5.22. The van der Waals surface area contributed by atoms with Gasteiger partial charge in [0.15, 0.2) is 5.82 Å². The van der Waals surface area contributed by atoms with Crippen molar-refractivity contribution in [3.05, 3.63) is 48.3 Å². The maximum Gasteiger partial charge on any atom is 0.234 e. The molecule has 1 aliphatic rings. The van der Waals surface area contributed by atoms with Crippen LogP contribution >= 0.6 is 0 Å². The summed E-state index contributed by atoms with van der Waals surface area (Å²) in [6, 6.07) is 10.2. The molecular formula is C18H22N4O2. The minimum atomic E-state index is 0.0320. The maximum atomic E-state index is 11.1. The summed E-state index contributed by atoms with van der Waals surface area (Å²) in [5.74, 6) is 1.38. The van der Waals surface area contributed by atoms with Gasteiger partial charge in [-0.05, 0) is 18.4 Å². The molecule has 6 heteroatoms. The first kappa shape index (κ1) is 16.2. The molecule has 1 N–H and O–H groups in total. The van der Waals surface area contributed by atoms with E-state index in [0.717, 1.165) is 37.3 Å². The molecule has 126 valence electrons. The van der Waals surface area contributed by atoms with E-state index in [-0.39, 0.29) is 11.9 Å². The number of aromatic nitrogens is 2. The highest BCUT2D eigenvalue weighted by molar-refractivity contribution is 5.73. The molecular weight excluding hydrogens is 304 g/mol. The van der Waals surface area contributed by atoms with E-state index in [9.17, 15) is 4.79 Å². The lowest BCUT2D eigenvalue weighted by Gasteiger charge is -2.32. The predicted octanol–water partition coefficient (Wildman–Crippen LogP) is 2.16. The number of nitrogens with zero attached hydrogens (tertiary/aromatic N) is 3. The number of carbonyl (C=O) groups is 1. The van der Waals surface area contributed by atoms with Gasteiger partial charge in [0, 0.05) is 26.1 Å². The number of benzene rings is 1. The van der Waals surface area contributed by atoms with Crippen molar-refractivity contribution in [3.63, 3.8) is 0 Å². The van der Waals surface area contributed by atoms with Gasteiger partial charge >= 0.3 is 0 Å². The molecule has 0 radical (unpaired) electrons. The van der Waals surface area contributed by atoms with Crippen LogP contribution in [0, 0.1) is 0 Å². The Labute approximate surface area is 141 Å². The molecule has 6 nitrogen and oxygen atoms in total. The summed E-state index contributed by atoms with van der Waals surface area (Å²) in [7, 11) is 0. The summed E-state index contributed by atoms with van der Waals surface area (Å²) in [6.45, 7) is 3.73. The Hall–Kier alpha value is -2.63. The standard InChI is InChI=1S/C18H22N4O2/c1-14(23)20-16-7-9-22(10-8-16)17-11-19-12-18(21-17)24-13-15-5-3-2-4-6-15/h2-6,11-12,16H,7-10,13H2,1H3,(H,20,23). The molecule has 1 aromatic heterocycles. The van der Waals surface area contributed by atoms with E-state index in [0.29, 0.717) is 12.5 Å². The molecule has 1 aliphatic heterocycles. The van der Waals surface area contributed by atoms with Crippen LogP contribution in [-0.2, 0) is 11.4 Å². The molecule has 0 saturated carbocycles. The highest BCUT2D eigenvalue weighted by atomic mass is 16.5. The molecule has 1 aromatic carbocycles. The van der Waals surface area contributed by atoms with Crippen LogP contribution in [0.4, 0.5) is 5.82 Å². The Balaban J connectivity index is 1.56. The first-order valence-corrected chi connectivity index (χ1v) is 8.21. The van der Waals surface area contributed by atoms with Gasteiger partial charge in [0.25, 0.3) is 0 Å². The largest absolute Gasteiger partial charge is 0.472 e. The number of amides is 1. The van der Waals surface area contributed by atoms with Crippen LogP contribution in [0.1, 0.15) is 25.3 Å². The molecule has 1 amide bonds. The van der Waals surface area contributed by atoms with E-state index < -0.39 is 0 Å². The van der Waals surface area contributed by atoms with Gasteiger partial charge in [-0.25, -0.2) is 0 Å². The summed E-state index contributed by atoms with van der Waals surface area (Å²) in [5.41, 5.74) is 1.10. The zero-order chi connectivity index (χ0) is 16.8. The van der Waals surface area contributed by atoms with Crippen molar-refractivity contribution >= 4 is 11.7 Å². The Kier molecular flexibility index (Phi) is 5.25. The van der Waals surface area contributed by atoms with E-state index in [1.807, 2.05) is 30.3 Å². The fraction of sp³-hybridized carbons (Fsp3) is 0.389. The van der Waals surface area contributed by atoms with Crippen molar-refractivity contribution in [1.29, 1.82) is 0 Å². The zero-order valence-corrected chi connectivity index (χ0v) is 13.8. The van der Waals surface area contributed by atoms with Gasteiger partial charge in [0.1, 0.15) is 6.61 Å². The van der Waals surface area contributed by atoms with Crippen LogP contribution in [0.15, 0.2) is 42.7 Å². The molecule has 0 bridgehead atoms. The number of carbonyl (C=O) groups excluding carboxylic acids is 1.